The zero-order valence-electron chi connectivity index (χ0n) is 15.5. The Morgan fingerprint density at radius 2 is 1.93 bits per heavy atom. The maximum absolute atomic E-state index is 13.1. The van der Waals surface area contributed by atoms with E-state index in [1.807, 2.05) is 47.4 Å². The maximum Gasteiger partial charge on any atom is 0.254 e. The molecule has 2 saturated heterocycles. The van der Waals surface area contributed by atoms with Crippen LogP contribution in [0.2, 0.25) is 0 Å². The van der Waals surface area contributed by atoms with Crippen molar-refractivity contribution in [1.82, 2.24) is 10.2 Å². The second kappa shape index (κ2) is 8.09. The molecule has 5 heteroatoms. The number of amides is 2. The topological polar surface area (TPSA) is 58.6 Å². The zero-order valence-corrected chi connectivity index (χ0v) is 15.5. The van der Waals surface area contributed by atoms with Crippen LogP contribution in [0.3, 0.4) is 0 Å². The van der Waals surface area contributed by atoms with Crippen LogP contribution in [0.1, 0.15) is 36.0 Å². The molecule has 2 atom stereocenters. The fourth-order valence-corrected chi connectivity index (χ4v) is 4.12. The Balaban J connectivity index is 1.42. The van der Waals surface area contributed by atoms with Gasteiger partial charge in [-0.05, 0) is 42.5 Å². The van der Waals surface area contributed by atoms with Crippen LogP contribution in [0.5, 0.6) is 0 Å². The molecular weight excluding hydrogens is 340 g/mol. The van der Waals surface area contributed by atoms with Crippen LogP contribution < -0.4 is 5.32 Å². The van der Waals surface area contributed by atoms with Crippen molar-refractivity contribution in [3.8, 4) is 0 Å². The monoisotopic (exact) mass is 366 g/mol. The summed E-state index contributed by atoms with van der Waals surface area (Å²) < 4.78 is 5.57. The normalized spacial score (nSPS) is 22.7. The fourth-order valence-electron chi connectivity index (χ4n) is 4.12. The molecule has 4 rings (SSSR count). The second-order valence-electron chi connectivity index (χ2n) is 7.50. The molecule has 2 aliphatic rings. The molecule has 0 spiro atoms. The average molecular weight is 366 g/mol. The first kappa shape index (κ1) is 18.0. The summed E-state index contributed by atoms with van der Waals surface area (Å²) in [5.41, 5.74) is 0.716. The first-order chi connectivity index (χ1) is 13.2. The van der Waals surface area contributed by atoms with Crippen LogP contribution >= 0.6 is 0 Å². The number of hydrogen-bond donors (Lipinski definition) is 1. The van der Waals surface area contributed by atoms with E-state index in [1.165, 1.54) is 0 Å². The van der Waals surface area contributed by atoms with Crippen molar-refractivity contribution in [2.45, 2.75) is 31.8 Å². The summed E-state index contributed by atoms with van der Waals surface area (Å²) in [5.74, 6) is -0.0802. The number of nitrogens with zero attached hydrogens (tertiary/aromatic N) is 1. The lowest BCUT2D eigenvalue weighted by molar-refractivity contribution is -0.126. The molecule has 142 valence electrons. The van der Waals surface area contributed by atoms with E-state index in [9.17, 15) is 9.59 Å². The van der Waals surface area contributed by atoms with Gasteiger partial charge < -0.3 is 15.0 Å². The molecule has 0 bridgehead atoms. The van der Waals surface area contributed by atoms with E-state index in [4.69, 9.17) is 4.74 Å². The van der Waals surface area contributed by atoms with E-state index < -0.39 is 0 Å². The van der Waals surface area contributed by atoms with Gasteiger partial charge in [0, 0.05) is 31.8 Å². The number of piperidine rings is 1. The average Bonchev–Trinajstić information content (AvgIpc) is 3.25. The van der Waals surface area contributed by atoms with Crippen molar-refractivity contribution in [1.29, 1.82) is 0 Å². The first-order valence-electron chi connectivity index (χ1n) is 9.89. The second-order valence-corrected chi connectivity index (χ2v) is 7.50. The van der Waals surface area contributed by atoms with Crippen molar-refractivity contribution in [3.05, 3.63) is 48.0 Å². The number of rotatable bonds is 4. The quantitative estimate of drug-likeness (QED) is 0.905. The number of fused-ring (bicyclic) bond motifs is 1. The highest BCUT2D eigenvalue weighted by atomic mass is 16.5. The third-order valence-corrected chi connectivity index (χ3v) is 5.63. The molecule has 2 heterocycles. The Morgan fingerprint density at radius 3 is 2.78 bits per heavy atom. The number of likely N-dealkylation sites (tertiary alicyclic amines) is 1. The summed E-state index contributed by atoms with van der Waals surface area (Å²) in [7, 11) is 0. The number of ether oxygens (including phenoxy) is 1. The number of carbonyl (C=O) groups is 2. The maximum atomic E-state index is 13.1. The predicted molar refractivity (Wildman–Crippen MR) is 105 cm³/mol. The lowest BCUT2D eigenvalue weighted by atomic mass is 9.95. The van der Waals surface area contributed by atoms with Crippen LogP contribution in [0.15, 0.2) is 42.5 Å². The van der Waals surface area contributed by atoms with Crippen LogP contribution in [0.25, 0.3) is 10.8 Å². The van der Waals surface area contributed by atoms with E-state index in [0.717, 1.165) is 43.1 Å². The molecule has 0 saturated carbocycles. The number of hydrogen-bond acceptors (Lipinski definition) is 3. The van der Waals surface area contributed by atoms with Gasteiger partial charge in [0.2, 0.25) is 5.91 Å². The van der Waals surface area contributed by atoms with E-state index in [2.05, 4.69) is 5.32 Å². The van der Waals surface area contributed by atoms with E-state index in [-0.39, 0.29) is 23.8 Å². The van der Waals surface area contributed by atoms with Gasteiger partial charge >= 0.3 is 0 Å². The highest BCUT2D eigenvalue weighted by Gasteiger charge is 2.30. The Morgan fingerprint density at radius 1 is 1.07 bits per heavy atom. The number of nitrogens with one attached hydrogen (secondary N) is 1. The van der Waals surface area contributed by atoms with Gasteiger partial charge in [0.25, 0.3) is 5.91 Å². The summed E-state index contributed by atoms with van der Waals surface area (Å²) in [6, 6.07) is 13.8. The predicted octanol–water partition coefficient (Wildman–Crippen LogP) is 2.99. The molecule has 1 N–H and O–H groups in total. The standard InChI is InChI=1S/C22H26N2O3/c25-21(23-14-18-9-5-13-27-18)17-8-4-12-24(15-17)22(26)20-11-3-7-16-6-1-2-10-19(16)20/h1-3,6-7,10-11,17-18H,4-5,8-9,12-15H2,(H,23,25)/t17-,18-/m1/s1. The van der Waals surface area contributed by atoms with Crippen LogP contribution in [-0.2, 0) is 9.53 Å². The van der Waals surface area contributed by atoms with Crippen molar-refractivity contribution >= 4 is 22.6 Å². The van der Waals surface area contributed by atoms with Gasteiger partial charge in [-0.1, -0.05) is 36.4 Å². The van der Waals surface area contributed by atoms with E-state index in [1.54, 1.807) is 0 Å². The van der Waals surface area contributed by atoms with Gasteiger partial charge in [0.15, 0.2) is 0 Å². The van der Waals surface area contributed by atoms with Gasteiger partial charge in [-0.25, -0.2) is 0 Å². The molecule has 2 aromatic carbocycles. The van der Waals surface area contributed by atoms with Gasteiger partial charge in [-0.3, -0.25) is 9.59 Å². The molecule has 2 aliphatic heterocycles. The van der Waals surface area contributed by atoms with Crippen LogP contribution in [0.4, 0.5) is 0 Å². The molecule has 0 radical (unpaired) electrons. The van der Waals surface area contributed by atoms with Crippen molar-refractivity contribution in [3.63, 3.8) is 0 Å². The molecule has 0 unspecified atom stereocenters. The zero-order chi connectivity index (χ0) is 18.6. The lowest BCUT2D eigenvalue weighted by Crippen LogP contribution is -2.46. The largest absolute Gasteiger partial charge is 0.376 e. The van der Waals surface area contributed by atoms with Crippen molar-refractivity contribution in [2.24, 2.45) is 5.92 Å². The number of carbonyl (C=O) groups excluding carboxylic acids is 2. The van der Waals surface area contributed by atoms with Crippen molar-refractivity contribution in [2.75, 3.05) is 26.2 Å². The van der Waals surface area contributed by atoms with Gasteiger partial charge in [0.1, 0.15) is 0 Å². The summed E-state index contributed by atoms with van der Waals surface area (Å²) in [4.78, 5) is 27.5. The van der Waals surface area contributed by atoms with E-state index >= 15 is 0 Å². The van der Waals surface area contributed by atoms with Gasteiger partial charge in [0.05, 0.1) is 12.0 Å². The third kappa shape index (κ3) is 3.98. The fraction of sp³-hybridized carbons (Fsp3) is 0.455. The van der Waals surface area contributed by atoms with E-state index in [0.29, 0.717) is 25.2 Å². The lowest BCUT2D eigenvalue weighted by Gasteiger charge is -2.32. The molecule has 2 amide bonds. The minimum absolute atomic E-state index is 0.0171. The van der Waals surface area contributed by atoms with Gasteiger partial charge in [-0.2, -0.15) is 0 Å². The van der Waals surface area contributed by atoms with Crippen LogP contribution in [-0.4, -0.2) is 49.1 Å². The van der Waals surface area contributed by atoms with Crippen molar-refractivity contribution < 1.29 is 14.3 Å². The van der Waals surface area contributed by atoms with Gasteiger partial charge in [-0.15, -0.1) is 0 Å². The van der Waals surface area contributed by atoms with Crippen LogP contribution in [0, 0.1) is 5.92 Å². The minimum atomic E-state index is -0.140. The molecule has 0 aromatic heterocycles. The smallest absolute Gasteiger partial charge is 0.254 e. The summed E-state index contributed by atoms with van der Waals surface area (Å²) in [5, 5.41) is 5.05. The highest BCUT2D eigenvalue weighted by molar-refractivity contribution is 6.07. The Hall–Kier alpha value is -2.40. The molecule has 27 heavy (non-hydrogen) atoms. The summed E-state index contributed by atoms with van der Waals surface area (Å²) in [6.07, 6.45) is 3.91. The molecule has 2 aromatic rings. The number of benzene rings is 2. The first-order valence-corrected chi connectivity index (χ1v) is 9.89. The molecule has 0 aliphatic carbocycles. The SMILES string of the molecule is O=C(NC[C@H]1CCCO1)[C@@H]1CCCN(C(=O)c2cccc3ccccc23)C1. The molecule has 2 fully saturated rings. The summed E-state index contributed by atoms with van der Waals surface area (Å²) >= 11 is 0. The molecular formula is C22H26N2O3. The minimum Gasteiger partial charge on any atom is -0.376 e. The third-order valence-electron chi connectivity index (χ3n) is 5.63. The molecule has 5 nitrogen and oxygen atoms in total. The Labute approximate surface area is 159 Å². The Bertz CT molecular complexity index is 824. The summed E-state index contributed by atoms with van der Waals surface area (Å²) in [6.45, 7) is 2.56. The Kier molecular flexibility index (Phi) is 5.39. The highest BCUT2D eigenvalue weighted by Crippen LogP contribution is 2.23.